The second-order valence-electron chi connectivity index (χ2n) is 5.25. The lowest BCUT2D eigenvalue weighted by molar-refractivity contribution is 0.848. The Morgan fingerprint density at radius 2 is 1.29 bits per heavy atom. The largest absolute Gasteiger partial charge is 0.330 e. The number of nitrogens with two attached hydrogens (primary N) is 2. The van der Waals surface area contributed by atoms with Gasteiger partial charge in [-0.2, -0.15) is 0 Å². The summed E-state index contributed by atoms with van der Waals surface area (Å²) in [5.41, 5.74) is 11.5. The molecule has 0 saturated carbocycles. The van der Waals surface area contributed by atoms with Gasteiger partial charge in [0.2, 0.25) is 0 Å². The fraction of sp³-hybridized carbons (Fsp3) is 0.294. The fourth-order valence-electron chi connectivity index (χ4n) is 2.85. The van der Waals surface area contributed by atoms with Crippen molar-refractivity contribution in [1.82, 2.24) is 4.98 Å². The van der Waals surface area contributed by atoms with Crippen LogP contribution < -0.4 is 26.8 Å². The molecule has 0 spiro atoms. The van der Waals surface area contributed by atoms with Crippen molar-refractivity contribution < 1.29 is 0 Å². The first-order valence-corrected chi connectivity index (χ1v) is 9.80. The van der Waals surface area contributed by atoms with Crippen molar-refractivity contribution in [2.45, 2.75) is 12.5 Å². The van der Waals surface area contributed by atoms with Crippen molar-refractivity contribution in [3.8, 4) is 0 Å². The van der Waals surface area contributed by atoms with Crippen LogP contribution in [0.5, 0.6) is 0 Å². The van der Waals surface area contributed by atoms with Gasteiger partial charge in [-0.3, -0.25) is 0 Å². The minimum Gasteiger partial charge on any atom is -0.330 e. The van der Waals surface area contributed by atoms with Crippen molar-refractivity contribution in [2.24, 2.45) is 11.5 Å². The summed E-state index contributed by atoms with van der Waals surface area (Å²) in [6.07, 6.45) is 1.02. The molecule has 112 valence electrons. The molecule has 0 bridgehead atoms. The molecule has 0 fully saturated rings. The maximum absolute atomic E-state index is 5.79. The van der Waals surface area contributed by atoms with Crippen LogP contribution in [0.1, 0.15) is 6.42 Å². The van der Waals surface area contributed by atoms with Gasteiger partial charge in [0, 0.05) is 13.1 Å². The van der Waals surface area contributed by atoms with Gasteiger partial charge >= 0.3 is 0 Å². The van der Waals surface area contributed by atoms with Crippen molar-refractivity contribution in [3.63, 3.8) is 0 Å². The molecule has 5 N–H and O–H groups in total. The Kier molecular flexibility index (Phi) is 6.14. The third-order valence-electron chi connectivity index (χ3n) is 3.86. The summed E-state index contributed by atoms with van der Waals surface area (Å²) in [6.45, 7) is 2.20. The molecule has 0 aliphatic carbocycles. The van der Waals surface area contributed by atoms with E-state index in [4.69, 9.17) is 11.5 Å². The third-order valence-corrected chi connectivity index (χ3v) is 8.46. The van der Waals surface area contributed by atoms with Crippen molar-refractivity contribution in [1.29, 1.82) is 0 Å². The molecule has 2 aromatic carbocycles. The monoisotopic (exact) mass is 299 g/mol. The third kappa shape index (κ3) is 3.80. The van der Waals surface area contributed by atoms with Gasteiger partial charge < -0.3 is 16.4 Å². The van der Waals surface area contributed by atoms with Gasteiger partial charge in [-0.25, -0.2) is 0 Å². The van der Waals surface area contributed by atoms with E-state index in [1.165, 1.54) is 10.4 Å². The predicted octanol–water partition coefficient (Wildman–Crippen LogP) is 0.643. The Morgan fingerprint density at radius 3 is 1.71 bits per heavy atom. The molecule has 21 heavy (non-hydrogen) atoms. The van der Waals surface area contributed by atoms with Gasteiger partial charge in [-0.15, -0.1) is 0 Å². The molecule has 4 heteroatoms. The quantitative estimate of drug-likeness (QED) is 0.627. The van der Waals surface area contributed by atoms with Crippen LogP contribution in [0.3, 0.4) is 0 Å². The Labute approximate surface area is 128 Å². The second kappa shape index (κ2) is 8.10. The molecule has 2 aromatic rings. The smallest absolute Gasteiger partial charge is 0.190 e. The molecule has 0 aromatic heterocycles. The molecule has 0 radical (unpaired) electrons. The Hall–Kier alpha value is -1.46. The summed E-state index contributed by atoms with van der Waals surface area (Å²) in [5, 5.41) is 2.80. The Morgan fingerprint density at radius 1 is 0.762 bits per heavy atom. The summed E-state index contributed by atoms with van der Waals surface area (Å²) >= 11 is 0. The van der Waals surface area contributed by atoms with Gasteiger partial charge in [0.15, 0.2) is 8.24 Å². The normalized spacial score (nSPS) is 11.5. The predicted molar refractivity (Wildman–Crippen MR) is 93.4 cm³/mol. The fourth-order valence-corrected chi connectivity index (χ4v) is 7.17. The molecular weight excluding hydrogens is 274 g/mol. The van der Waals surface area contributed by atoms with Crippen molar-refractivity contribution in [3.05, 3.63) is 60.7 Å². The molecular formula is C17H25N3Si. The van der Waals surface area contributed by atoms with E-state index in [9.17, 15) is 0 Å². The number of hydrogen-bond acceptors (Lipinski definition) is 3. The van der Waals surface area contributed by atoms with Crippen molar-refractivity contribution in [2.75, 3.05) is 19.6 Å². The average Bonchev–Trinajstić information content (AvgIpc) is 2.57. The Bertz CT molecular complexity index is 467. The zero-order valence-electron chi connectivity index (χ0n) is 12.5. The van der Waals surface area contributed by atoms with E-state index in [1.807, 2.05) is 0 Å². The SMILES string of the molecule is NCCC[Si](NCCN)(c1ccccc1)c1ccccc1. The van der Waals surface area contributed by atoms with Crippen LogP contribution in [-0.4, -0.2) is 27.9 Å². The first-order valence-electron chi connectivity index (χ1n) is 7.59. The number of benzene rings is 2. The summed E-state index contributed by atoms with van der Waals surface area (Å²) in [6, 6.07) is 22.6. The van der Waals surface area contributed by atoms with Crippen LogP contribution in [0.2, 0.25) is 6.04 Å². The maximum Gasteiger partial charge on any atom is 0.190 e. The number of hydrogen-bond donors (Lipinski definition) is 3. The Balaban J connectivity index is 2.48. The highest BCUT2D eigenvalue weighted by Gasteiger charge is 2.36. The van der Waals surface area contributed by atoms with Gasteiger partial charge in [0.25, 0.3) is 0 Å². The maximum atomic E-state index is 5.79. The van der Waals surface area contributed by atoms with E-state index >= 15 is 0 Å². The molecule has 0 heterocycles. The molecule has 3 nitrogen and oxygen atoms in total. The highest BCUT2D eigenvalue weighted by atomic mass is 28.3. The van der Waals surface area contributed by atoms with E-state index in [1.54, 1.807) is 0 Å². The summed E-state index contributed by atoms with van der Waals surface area (Å²) in [5.74, 6) is 0. The van der Waals surface area contributed by atoms with E-state index in [-0.39, 0.29) is 0 Å². The van der Waals surface area contributed by atoms with E-state index in [0.29, 0.717) is 6.54 Å². The second-order valence-corrected chi connectivity index (χ2v) is 9.06. The lowest BCUT2D eigenvalue weighted by Gasteiger charge is -2.34. The van der Waals surface area contributed by atoms with Crippen LogP contribution in [0.4, 0.5) is 0 Å². The van der Waals surface area contributed by atoms with Crippen LogP contribution in [0, 0.1) is 0 Å². The van der Waals surface area contributed by atoms with Gasteiger partial charge in [-0.1, -0.05) is 60.7 Å². The first-order chi connectivity index (χ1) is 10.3. The number of rotatable bonds is 8. The van der Waals surface area contributed by atoms with E-state index < -0.39 is 8.24 Å². The van der Waals surface area contributed by atoms with Crippen LogP contribution in [0.15, 0.2) is 60.7 Å². The average molecular weight is 299 g/mol. The molecule has 0 aliphatic rings. The molecule has 0 amide bonds. The molecule has 0 unspecified atom stereocenters. The molecule has 0 aliphatic heterocycles. The summed E-state index contributed by atoms with van der Waals surface area (Å²) < 4.78 is 0. The molecule has 0 saturated heterocycles. The molecule has 0 atom stereocenters. The first kappa shape index (κ1) is 15.9. The minimum atomic E-state index is -2.00. The highest BCUT2D eigenvalue weighted by molar-refractivity contribution is 7.00. The summed E-state index contributed by atoms with van der Waals surface area (Å²) in [7, 11) is -2.00. The zero-order valence-corrected chi connectivity index (χ0v) is 13.5. The lowest BCUT2D eigenvalue weighted by atomic mass is 10.4. The van der Waals surface area contributed by atoms with Gasteiger partial charge in [0.1, 0.15) is 0 Å². The zero-order chi connectivity index (χ0) is 15.0. The topological polar surface area (TPSA) is 64.1 Å². The van der Waals surface area contributed by atoms with Gasteiger partial charge in [0.05, 0.1) is 0 Å². The van der Waals surface area contributed by atoms with Crippen molar-refractivity contribution >= 4 is 18.6 Å². The highest BCUT2D eigenvalue weighted by Crippen LogP contribution is 2.11. The van der Waals surface area contributed by atoms with E-state index in [0.717, 1.165) is 25.6 Å². The van der Waals surface area contributed by atoms with E-state index in [2.05, 4.69) is 65.6 Å². The summed E-state index contributed by atoms with van der Waals surface area (Å²) in [4.78, 5) is 3.81. The minimum absolute atomic E-state index is 0.650. The van der Waals surface area contributed by atoms with Gasteiger partial charge in [-0.05, 0) is 29.4 Å². The van der Waals surface area contributed by atoms with Crippen LogP contribution in [0.25, 0.3) is 0 Å². The standard InChI is InChI=1S/C17H25N3Si/c18-12-7-15-21(20-14-13-19,16-8-3-1-4-9-16)17-10-5-2-6-11-17/h1-6,8-11,20H,7,12-15,18-19H2. The lowest BCUT2D eigenvalue weighted by Crippen LogP contribution is -2.69. The number of nitrogens with one attached hydrogen (secondary N) is 1. The van der Waals surface area contributed by atoms with Crippen LogP contribution in [-0.2, 0) is 0 Å². The van der Waals surface area contributed by atoms with Crippen LogP contribution >= 0.6 is 0 Å². The molecule has 2 rings (SSSR count).